The van der Waals surface area contributed by atoms with E-state index >= 15 is 0 Å². The van der Waals surface area contributed by atoms with Crippen molar-refractivity contribution in [3.05, 3.63) is 90.0 Å². The Morgan fingerprint density at radius 1 is 0.852 bits per heavy atom. The van der Waals surface area contributed by atoms with E-state index in [9.17, 15) is 13.2 Å². The normalized spacial score (nSPS) is 11.0. The van der Waals surface area contributed by atoms with Crippen LogP contribution in [0.2, 0.25) is 0 Å². The minimum Gasteiger partial charge on any atom is -0.322 e. The largest absolute Gasteiger partial charge is 0.322 e. The Hall–Kier alpha value is -3.12. The summed E-state index contributed by atoms with van der Waals surface area (Å²) in [6, 6.07) is 22.2. The number of rotatable bonds is 6. The van der Waals surface area contributed by atoms with Gasteiger partial charge in [-0.2, -0.15) is 0 Å². The second-order valence-electron chi connectivity index (χ2n) is 5.96. The van der Waals surface area contributed by atoms with E-state index in [1.807, 2.05) is 37.3 Å². The SMILES string of the molecule is CCc1ccccc1NS(=O)(=O)c1ccc(C(=O)Nc2ccccc2)cc1. The Balaban J connectivity index is 1.77. The van der Waals surface area contributed by atoms with Gasteiger partial charge in [0.25, 0.3) is 15.9 Å². The third-order valence-corrected chi connectivity index (χ3v) is 5.48. The summed E-state index contributed by atoms with van der Waals surface area (Å²) >= 11 is 0. The van der Waals surface area contributed by atoms with Crippen molar-refractivity contribution in [2.75, 3.05) is 10.0 Å². The van der Waals surface area contributed by atoms with E-state index in [0.29, 0.717) is 16.9 Å². The Bertz CT molecular complexity index is 1030. The number of para-hydroxylation sites is 2. The number of hydrogen-bond donors (Lipinski definition) is 2. The molecule has 138 valence electrons. The fourth-order valence-electron chi connectivity index (χ4n) is 2.64. The first-order valence-electron chi connectivity index (χ1n) is 8.57. The summed E-state index contributed by atoms with van der Waals surface area (Å²) in [5, 5.41) is 2.77. The first kappa shape index (κ1) is 18.7. The lowest BCUT2D eigenvalue weighted by Gasteiger charge is -2.12. The number of benzene rings is 3. The molecule has 1 amide bonds. The lowest BCUT2D eigenvalue weighted by atomic mass is 10.1. The van der Waals surface area contributed by atoms with Crippen molar-refractivity contribution in [2.24, 2.45) is 0 Å². The van der Waals surface area contributed by atoms with Gasteiger partial charge in [0.1, 0.15) is 0 Å². The van der Waals surface area contributed by atoms with E-state index in [4.69, 9.17) is 0 Å². The molecular weight excluding hydrogens is 360 g/mol. The maximum absolute atomic E-state index is 12.6. The summed E-state index contributed by atoms with van der Waals surface area (Å²) in [5.41, 5.74) is 2.54. The molecule has 0 aliphatic carbocycles. The molecule has 2 N–H and O–H groups in total. The molecule has 27 heavy (non-hydrogen) atoms. The average Bonchev–Trinajstić information content (AvgIpc) is 2.69. The van der Waals surface area contributed by atoms with Gasteiger partial charge in [-0.3, -0.25) is 9.52 Å². The zero-order valence-corrected chi connectivity index (χ0v) is 15.7. The maximum atomic E-state index is 12.6. The van der Waals surface area contributed by atoms with E-state index in [2.05, 4.69) is 10.0 Å². The zero-order valence-electron chi connectivity index (χ0n) is 14.8. The fraction of sp³-hybridized carbons (Fsp3) is 0.0952. The Morgan fingerprint density at radius 2 is 1.48 bits per heavy atom. The van der Waals surface area contributed by atoms with Gasteiger partial charge in [0.05, 0.1) is 10.6 Å². The van der Waals surface area contributed by atoms with Gasteiger partial charge in [0.15, 0.2) is 0 Å². The van der Waals surface area contributed by atoms with Crippen LogP contribution in [0.5, 0.6) is 0 Å². The highest BCUT2D eigenvalue weighted by atomic mass is 32.2. The molecular formula is C21H20N2O3S. The molecule has 0 fully saturated rings. The van der Waals surface area contributed by atoms with Crippen LogP contribution in [0, 0.1) is 0 Å². The second kappa shape index (κ2) is 8.05. The average molecular weight is 380 g/mol. The third kappa shape index (κ3) is 4.54. The predicted molar refractivity (Wildman–Crippen MR) is 107 cm³/mol. The Labute approximate surface area is 159 Å². The van der Waals surface area contributed by atoms with Gasteiger partial charge in [0, 0.05) is 11.3 Å². The van der Waals surface area contributed by atoms with E-state index in [-0.39, 0.29) is 10.8 Å². The summed E-state index contributed by atoms with van der Waals surface area (Å²) in [4.78, 5) is 12.4. The number of carbonyl (C=O) groups is 1. The van der Waals surface area contributed by atoms with Crippen LogP contribution in [0.3, 0.4) is 0 Å². The van der Waals surface area contributed by atoms with Gasteiger partial charge in [-0.1, -0.05) is 43.3 Å². The summed E-state index contributed by atoms with van der Waals surface area (Å²) < 4.78 is 27.9. The summed E-state index contributed by atoms with van der Waals surface area (Å²) in [6.45, 7) is 1.97. The molecule has 0 saturated carbocycles. The molecule has 0 radical (unpaired) electrons. The third-order valence-electron chi connectivity index (χ3n) is 4.10. The smallest absolute Gasteiger partial charge is 0.261 e. The first-order chi connectivity index (χ1) is 13.0. The lowest BCUT2D eigenvalue weighted by Crippen LogP contribution is -2.15. The molecule has 0 bridgehead atoms. The van der Waals surface area contributed by atoms with Crippen molar-refractivity contribution in [1.82, 2.24) is 0 Å². The standard InChI is InChI=1S/C21H20N2O3S/c1-2-16-8-6-7-11-20(16)23-27(25,26)19-14-12-17(13-15-19)21(24)22-18-9-4-3-5-10-18/h3-15,23H,2H2,1H3,(H,22,24). The molecule has 0 atom stereocenters. The van der Waals surface area contributed by atoms with Crippen molar-refractivity contribution >= 4 is 27.3 Å². The quantitative estimate of drug-likeness (QED) is 0.669. The number of sulfonamides is 1. The molecule has 0 heterocycles. The van der Waals surface area contributed by atoms with Gasteiger partial charge in [-0.15, -0.1) is 0 Å². The lowest BCUT2D eigenvalue weighted by molar-refractivity contribution is 0.102. The van der Waals surface area contributed by atoms with Crippen molar-refractivity contribution in [3.63, 3.8) is 0 Å². The second-order valence-corrected chi connectivity index (χ2v) is 7.64. The molecule has 3 aromatic carbocycles. The van der Waals surface area contributed by atoms with Crippen LogP contribution in [0.4, 0.5) is 11.4 Å². The van der Waals surface area contributed by atoms with E-state index in [1.54, 1.807) is 24.3 Å². The van der Waals surface area contributed by atoms with Crippen LogP contribution in [-0.2, 0) is 16.4 Å². The molecule has 0 aliphatic heterocycles. The fourth-order valence-corrected chi connectivity index (χ4v) is 3.74. The number of nitrogens with one attached hydrogen (secondary N) is 2. The summed E-state index contributed by atoms with van der Waals surface area (Å²) in [5.74, 6) is -0.297. The van der Waals surface area contributed by atoms with Crippen molar-refractivity contribution in [2.45, 2.75) is 18.2 Å². The van der Waals surface area contributed by atoms with Crippen LogP contribution in [-0.4, -0.2) is 14.3 Å². The summed E-state index contributed by atoms with van der Waals surface area (Å²) in [6.07, 6.45) is 0.720. The van der Waals surface area contributed by atoms with Crippen molar-refractivity contribution < 1.29 is 13.2 Å². The van der Waals surface area contributed by atoms with Gasteiger partial charge in [-0.25, -0.2) is 8.42 Å². The van der Waals surface area contributed by atoms with Gasteiger partial charge < -0.3 is 5.32 Å². The van der Waals surface area contributed by atoms with Crippen LogP contribution < -0.4 is 10.0 Å². The molecule has 5 nitrogen and oxygen atoms in total. The number of carbonyl (C=O) groups excluding carboxylic acids is 1. The molecule has 0 spiro atoms. The van der Waals surface area contributed by atoms with Crippen LogP contribution >= 0.6 is 0 Å². The number of amides is 1. The van der Waals surface area contributed by atoms with Gasteiger partial charge in [0.2, 0.25) is 0 Å². The number of hydrogen-bond acceptors (Lipinski definition) is 3. The van der Waals surface area contributed by atoms with Crippen molar-refractivity contribution in [3.8, 4) is 0 Å². The van der Waals surface area contributed by atoms with E-state index in [0.717, 1.165) is 12.0 Å². The van der Waals surface area contributed by atoms with Crippen LogP contribution in [0.15, 0.2) is 83.8 Å². The Morgan fingerprint density at radius 3 is 2.15 bits per heavy atom. The monoisotopic (exact) mass is 380 g/mol. The topological polar surface area (TPSA) is 75.3 Å². The minimum atomic E-state index is -3.73. The number of anilines is 2. The van der Waals surface area contributed by atoms with Crippen LogP contribution in [0.25, 0.3) is 0 Å². The highest BCUT2D eigenvalue weighted by Crippen LogP contribution is 2.21. The Kier molecular flexibility index (Phi) is 5.57. The molecule has 3 aromatic rings. The van der Waals surface area contributed by atoms with Crippen LogP contribution in [0.1, 0.15) is 22.8 Å². The summed E-state index contributed by atoms with van der Waals surface area (Å²) in [7, 11) is -3.73. The van der Waals surface area contributed by atoms with Crippen molar-refractivity contribution in [1.29, 1.82) is 0 Å². The molecule has 0 aromatic heterocycles. The zero-order chi connectivity index (χ0) is 19.3. The maximum Gasteiger partial charge on any atom is 0.261 e. The van der Waals surface area contributed by atoms with Gasteiger partial charge in [-0.05, 0) is 54.4 Å². The first-order valence-corrected chi connectivity index (χ1v) is 10.0. The van der Waals surface area contributed by atoms with E-state index in [1.165, 1.54) is 24.3 Å². The number of aryl methyl sites for hydroxylation is 1. The highest BCUT2D eigenvalue weighted by Gasteiger charge is 2.16. The molecule has 0 unspecified atom stereocenters. The molecule has 6 heteroatoms. The van der Waals surface area contributed by atoms with Gasteiger partial charge >= 0.3 is 0 Å². The highest BCUT2D eigenvalue weighted by molar-refractivity contribution is 7.92. The predicted octanol–water partition coefficient (Wildman–Crippen LogP) is 4.30. The molecule has 0 saturated heterocycles. The van der Waals surface area contributed by atoms with E-state index < -0.39 is 10.0 Å². The minimum absolute atomic E-state index is 0.102. The molecule has 0 aliphatic rings. The molecule has 3 rings (SSSR count).